The molecule has 208 valence electrons. The summed E-state index contributed by atoms with van der Waals surface area (Å²) in [6.07, 6.45) is 3.55. The fourth-order valence-corrected chi connectivity index (χ4v) is 4.87. The van der Waals surface area contributed by atoms with Crippen molar-refractivity contribution in [3.63, 3.8) is 0 Å². The minimum atomic E-state index is -0.688. The van der Waals surface area contributed by atoms with Crippen LogP contribution in [0.5, 0.6) is 5.75 Å². The fourth-order valence-electron chi connectivity index (χ4n) is 4.87. The monoisotopic (exact) mass is 543 g/mol. The number of amides is 2. The van der Waals surface area contributed by atoms with Crippen LogP contribution in [0.25, 0.3) is 11.0 Å². The summed E-state index contributed by atoms with van der Waals surface area (Å²) in [6, 6.07) is 18.1. The molecule has 1 aliphatic heterocycles. The highest BCUT2D eigenvalue weighted by molar-refractivity contribution is 6.06. The molecule has 40 heavy (non-hydrogen) atoms. The van der Waals surface area contributed by atoms with Crippen LogP contribution >= 0.6 is 0 Å². The SMILES string of the molecule is CC(C)CNC(=O)c1cc(OC[C@@H]2CCCN2)cc([C@@H](NC(=O)c2coc3ccccc23)c2ccc(F)cc2)c1. The molecule has 2 heterocycles. The molecule has 8 heteroatoms. The van der Waals surface area contributed by atoms with Crippen LogP contribution < -0.4 is 20.7 Å². The normalized spacial score (nSPS) is 15.8. The zero-order chi connectivity index (χ0) is 28.1. The van der Waals surface area contributed by atoms with E-state index in [0.717, 1.165) is 19.4 Å². The van der Waals surface area contributed by atoms with Crippen LogP contribution in [0.1, 0.15) is 64.6 Å². The number of hydrogen-bond donors (Lipinski definition) is 3. The van der Waals surface area contributed by atoms with Crippen molar-refractivity contribution >= 4 is 22.8 Å². The van der Waals surface area contributed by atoms with E-state index in [9.17, 15) is 14.0 Å². The van der Waals surface area contributed by atoms with E-state index < -0.39 is 6.04 Å². The van der Waals surface area contributed by atoms with Crippen molar-refractivity contribution in [1.82, 2.24) is 16.0 Å². The highest BCUT2D eigenvalue weighted by Crippen LogP contribution is 2.29. The van der Waals surface area contributed by atoms with Gasteiger partial charge in [-0.25, -0.2) is 4.39 Å². The highest BCUT2D eigenvalue weighted by atomic mass is 19.1. The summed E-state index contributed by atoms with van der Waals surface area (Å²) in [7, 11) is 0. The Kier molecular flexibility index (Phi) is 8.45. The largest absolute Gasteiger partial charge is 0.492 e. The van der Waals surface area contributed by atoms with E-state index in [2.05, 4.69) is 16.0 Å². The second-order valence-electron chi connectivity index (χ2n) is 10.6. The fraction of sp³-hybridized carbons (Fsp3) is 0.312. The Balaban J connectivity index is 1.51. The van der Waals surface area contributed by atoms with Gasteiger partial charge in [0.2, 0.25) is 0 Å². The summed E-state index contributed by atoms with van der Waals surface area (Å²) in [5.74, 6) is -0.163. The third-order valence-corrected chi connectivity index (χ3v) is 7.01. The van der Waals surface area contributed by atoms with Crippen molar-refractivity contribution in [1.29, 1.82) is 0 Å². The zero-order valence-corrected chi connectivity index (χ0v) is 22.7. The van der Waals surface area contributed by atoms with Gasteiger partial charge >= 0.3 is 0 Å². The maximum atomic E-state index is 13.9. The van der Waals surface area contributed by atoms with Crippen molar-refractivity contribution in [2.75, 3.05) is 19.7 Å². The number of fused-ring (bicyclic) bond motifs is 1. The molecule has 1 saturated heterocycles. The summed E-state index contributed by atoms with van der Waals surface area (Å²) in [5, 5.41) is 10.2. The van der Waals surface area contributed by atoms with Crippen LogP contribution in [0.3, 0.4) is 0 Å². The molecule has 2 amide bonds. The minimum Gasteiger partial charge on any atom is -0.492 e. The number of nitrogens with one attached hydrogen (secondary N) is 3. The molecule has 0 saturated carbocycles. The van der Waals surface area contributed by atoms with Crippen molar-refractivity contribution < 1.29 is 23.1 Å². The van der Waals surface area contributed by atoms with Gasteiger partial charge in [0.05, 0.1) is 11.6 Å². The number of rotatable bonds is 10. The first kappa shape index (κ1) is 27.4. The van der Waals surface area contributed by atoms with Crippen molar-refractivity contribution in [3.8, 4) is 5.75 Å². The first-order chi connectivity index (χ1) is 19.4. The smallest absolute Gasteiger partial charge is 0.255 e. The molecule has 4 aromatic rings. The van der Waals surface area contributed by atoms with Crippen LogP contribution in [0, 0.1) is 11.7 Å². The quantitative estimate of drug-likeness (QED) is 0.242. The molecule has 0 spiro atoms. The van der Waals surface area contributed by atoms with E-state index in [-0.39, 0.29) is 29.6 Å². The van der Waals surface area contributed by atoms with Gasteiger partial charge in [-0.3, -0.25) is 9.59 Å². The van der Waals surface area contributed by atoms with Crippen LogP contribution in [0.15, 0.2) is 77.4 Å². The topological polar surface area (TPSA) is 92.6 Å². The van der Waals surface area contributed by atoms with Crippen molar-refractivity contribution in [2.45, 2.75) is 38.8 Å². The molecule has 3 N–H and O–H groups in total. The maximum absolute atomic E-state index is 13.9. The van der Waals surface area contributed by atoms with Gasteiger partial charge in [0, 0.05) is 23.5 Å². The number of halogens is 1. The molecular weight excluding hydrogens is 509 g/mol. The predicted octanol–water partition coefficient (Wildman–Crippen LogP) is 5.61. The predicted molar refractivity (Wildman–Crippen MR) is 152 cm³/mol. The molecule has 0 unspecified atom stereocenters. The molecular formula is C32H34FN3O4. The summed E-state index contributed by atoms with van der Waals surface area (Å²) in [4.78, 5) is 26.7. The molecule has 7 nitrogen and oxygen atoms in total. The Morgan fingerprint density at radius 1 is 1.05 bits per heavy atom. The molecule has 0 aliphatic carbocycles. The average molecular weight is 544 g/mol. The van der Waals surface area contributed by atoms with E-state index in [1.165, 1.54) is 18.4 Å². The maximum Gasteiger partial charge on any atom is 0.255 e. The molecule has 0 bridgehead atoms. The summed E-state index contributed by atoms with van der Waals surface area (Å²) in [6.45, 7) is 6.00. The number of carbonyl (C=O) groups is 2. The third-order valence-electron chi connectivity index (χ3n) is 7.01. The number of benzene rings is 3. The number of ether oxygens (including phenoxy) is 1. The average Bonchev–Trinajstić information content (AvgIpc) is 3.64. The second kappa shape index (κ2) is 12.3. The minimum absolute atomic E-state index is 0.232. The second-order valence-corrected chi connectivity index (χ2v) is 10.6. The summed E-state index contributed by atoms with van der Waals surface area (Å²) in [5.41, 5.74) is 2.70. The Labute approximate surface area is 233 Å². The van der Waals surface area contributed by atoms with Crippen LogP contribution in [0.4, 0.5) is 4.39 Å². The first-order valence-electron chi connectivity index (χ1n) is 13.7. The van der Waals surface area contributed by atoms with E-state index >= 15 is 0 Å². The van der Waals surface area contributed by atoms with Crippen LogP contribution in [0.2, 0.25) is 0 Å². The highest BCUT2D eigenvalue weighted by Gasteiger charge is 2.24. The molecule has 1 aliphatic rings. The Bertz CT molecular complexity index is 1480. The van der Waals surface area contributed by atoms with Gasteiger partial charge in [-0.2, -0.15) is 0 Å². The molecule has 2 atom stereocenters. The molecule has 1 aromatic heterocycles. The molecule has 0 radical (unpaired) electrons. The number of furan rings is 1. The number of para-hydroxylation sites is 1. The van der Waals surface area contributed by atoms with Gasteiger partial charge in [0.1, 0.15) is 30.0 Å². The third kappa shape index (κ3) is 6.51. The standard InChI is InChI=1S/C32H34FN3O4/c1-20(2)17-35-31(37)23-14-22(15-26(16-23)39-18-25-6-5-13-34-25)30(21-9-11-24(33)12-10-21)36-32(38)28-19-40-29-8-4-3-7-27(28)29/h3-4,7-12,14-16,19-20,25,30,34H,5-6,13,17-18H2,1-2H3,(H,35,37)(H,36,38)/t25-,30-/m0/s1. The molecule has 5 rings (SSSR count). The van der Waals surface area contributed by atoms with E-state index in [1.54, 1.807) is 30.3 Å². The lowest BCUT2D eigenvalue weighted by Gasteiger charge is -2.22. The van der Waals surface area contributed by atoms with Crippen molar-refractivity contribution in [3.05, 3.63) is 101 Å². The van der Waals surface area contributed by atoms with E-state index in [4.69, 9.17) is 9.15 Å². The lowest BCUT2D eigenvalue weighted by molar-refractivity contribution is 0.0940. The Morgan fingerprint density at radius 2 is 1.85 bits per heavy atom. The molecule has 3 aromatic carbocycles. The van der Waals surface area contributed by atoms with E-state index in [1.807, 2.05) is 38.1 Å². The van der Waals surface area contributed by atoms with Gasteiger partial charge in [0.25, 0.3) is 11.8 Å². The lowest BCUT2D eigenvalue weighted by Crippen LogP contribution is -2.31. The molecule has 1 fully saturated rings. The zero-order valence-electron chi connectivity index (χ0n) is 22.7. The van der Waals surface area contributed by atoms with Gasteiger partial charge in [-0.15, -0.1) is 0 Å². The van der Waals surface area contributed by atoms with Gasteiger partial charge in [-0.1, -0.05) is 44.2 Å². The summed E-state index contributed by atoms with van der Waals surface area (Å²) < 4.78 is 25.6. The Hall–Kier alpha value is -4.17. The number of carbonyl (C=O) groups excluding carboxylic acids is 2. The van der Waals surface area contributed by atoms with Gasteiger partial charge in [0.15, 0.2) is 0 Å². The van der Waals surface area contributed by atoms with Crippen LogP contribution in [-0.4, -0.2) is 37.6 Å². The Morgan fingerprint density at radius 3 is 2.60 bits per heavy atom. The number of hydrogen-bond acceptors (Lipinski definition) is 5. The summed E-state index contributed by atoms with van der Waals surface area (Å²) >= 11 is 0. The first-order valence-corrected chi connectivity index (χ1v) is 13.7. The van der Waals surface area contributed by atoms with Gasteiger partial charge in [-0.05, 0) is 72.8 Å². The van der Waals surface area contributed by atoms with Crippen LogP contribution in [-0.2, 0) is 0 Å². The van der Waals surface area contributed by atoms with E-state index in [0.29, 0.717) is 52.1 Å². The van der Waals surface area contributed by atoms with Crippen molar-refractivity contribution in [2.24, 2.45) is 5.92 Å². The van der Waals surface area contributed by atoms with Gasteiger partial charge < -0.3 is 25.1 Å². The lowest BCUT2D eigenvalue weighted by atomic mass is 9.95.